The van der Waals surface area contributed by atoms with Crippen LogP contribution in [0.1, 0.15) is 0 Å². The lowest BCUT2D eigenvalue weighted by molar-refractivity contribution is 0.459. The Morgan fingerprint density at radius 2 is 2.23 bits per heavy atom. The van der Waals surface area contributed by atoms with Crippen molar-refractivity contribution in [2.45, 2.75) is 0 Å². The second kappa shape index (κ2) is 3.45. The van der Waals surface area contributed by atoms with Gasteiger partial charge in [0.25, 0.3) is 0 Å². The summed E-state index contributed by atoms with van der Waals surface area (Å²) in [7, 11) is 0. The van der Waals surface area contributed by atoms with Gasteiger partial charge < -0.3 is 15.6 Å². The molecule has 0 bridgehead atoms. The molecule has 4 heteroatoms. The molecule has 0 amide bonds. The predicted molar refractivity (Wildman–Crippen MR) is 51.6 cm³/mol. The molecule has 0 aliphatic rings. The average Bonchev–Trinajstić information content (AvgIpc) is 2.58. The fourth-order valence-electron chi connectivity index (χ4n) is 1.20. The average molecular weight is 177 g/mol. The molecule has 0 aliphatic heterocycles. The van der Waals surface area contributed by atoms with Gasteiger partial charge in [0, 0.05) is 13.1 Å². The van der Waals surface area contributed by atoms with Crippen LogP contribution in [0.15, 0.2) is 28.8 Å². The Kier molecular flexibility index (Phi) is 2.14. The number of nitrogens with one attached hydrogen (secondary N) is 1. The lowest BCUT2D eigenvalue weighted by atomic mass is 10.2. The van der Waals surface area contributed by atoms with Gasteiger partial charge in [-0.1, -0.05) is 17.3 Å². The Labute approximate surface area is 75.7 Å². The highest BCUT2D eigenvalue weighted by Gasteiger charge is 2.04. The molecule has 0 spiro atoms. The molecule has 4 nitrogen and oxygen atoms in total. The van der Waals surface area contributed by atoms with E-state index >= 15 is 0 Å². The highest BCUT2D eigenvalue weighted by molar-refractivity contribution is 5.87. The molecule has 1 heterocycles. The monoisotopic (exact) mass is 177 g/mol. The number of rotatable bonds is 3. The second-order valence-corrected chi connectivity index (χ2v) is 2.74. The van der Waals surface area contributed by atoms with Gasteiger partial charge in [-0.2, -0.15) is 0 Å². The largest absolute Gasteiger partial charge is 0.365 e. The summed E-state index contributed by atoms with van der Waals surface area (Å²) in [4.78, 5) is 0. The van der Waals surface area contributed by atoms with E-state index in [1.807, 2.05) is 24.3 Å². The zero-order chi connectivity index (χ0) is 9.10. The standard InChI is InChI=1S/C9H11N3O/c10-5-6-11-9-7-3-1-2-4-8(7)13-12-9/h1-4H,5-6,10H2,(H,11,12). The quantitative estimate of drug-likeness (QED) is 0.739. The van der Waals surface area contributed by atoms with Crippen LogP contribution in [0.5, 0.6) is 0 Å². The molecule has 0 saturated carbocycles. The van der Waals surface area contributed by atoms with Gasteiger partial charge in [0.05, 0.1) is 5.39 Å². The van der Waals surface area contributed by atoms with E-state index in [9.17, 15) is 0 Å². The summed E-state index contributed by atoms with van der Waals surface area (Å²) in [5.41, 5.74) is 6.16. The van der Waals surface area contributed by atoms with Crippen LogP contribution in [0.25, 0.3) is 11.0 Å². The third-order valence-electron chi connectivity index (χ3n) is 1.81. The molecule has 68 valence electrons. The van der Waals surface area contributed by atoms with E-state index in [-0.39, 0.29) is 0 Å². The van der Waals surface area contributed by atoms with Gasteiger partial charge in [-0.15, -0.1) is 0 Å². The molecule has 0 saturated heterocycles. The normalized spacial score (nSPS) is 10.5. The third kappa shape index (κ3) is 1.48. The first-order valence-corrected chi connectivity index (χ1v) is 4.20. The molecule has 2 rings (SSSR count). The number of aromatic nitrogens is 1. The molecule has 1 aromatic heterocycles. The summed E-state index contributed by atoms with van der Waals surface area (Å²) in [5.74, 6) is 0.765. The van der Waals surface area contributed by atoms with Crippen LogP contribution in [0.2, 0.25) is 0 Å². The van der Waals surface area contributed by atoms with E-state index in [4.69, 9.17) is 10.3 Å². The van der Waals surface area contributed by atoms with E-state index in [1.165, 1.54) is 0 Å². The smallest absolute Gasteiger partial charge is 0.177 e. The second-order valence-electron chi connectivity index (χ2n) is 2.74. The molecule has 2 aromatic rings. The van der Waals surface area contributed by atoms with Crippen molar-refractivity contribution in [2.75, 3.05) is 18.4 Å². The summed E-state index contributed by atoms with van der Waals surface area (Å²) in [6.45, 7) is 1.29. The zero-order valence-electron chi connectivity index (χ0n) is 7.16. The Morgan fingerprint density at radius 1 is 1.38 bits per heavy atom. The highest BCUT2D eigenvalue weighted by Crippen LogP contribution is 2.21. The minimum Gasteiger partial charge on any atom is -0.365 e. The van der Waals surface area contributed by atoms with E-state index in [2.05, 4.69) is 10.5 Å². The van der Waals surface area contributed by atoms with Crippen molar-refractivity contribution in [1.29, 1.82) is 0 Å². The maximum absolute atomic E-state index is 5.37. The van der Waals surface area contributed by atoms with Crippen LogP contribution in [0.3, 0.4) is 0 Å². The fraction of sp³-hybridized carbons (Fsp3) is 0.222. The van der Waals surface area contributed by atoms with E-state index in [0.717, 1.165) is 16.8 Å². The summed E-state index contributed by atoms with van der Waals surface area (Å²) < 4.78 is 5.09. The van der Waals surface area contributed by atoms with Gasteiger partial charge >= 0.3 is 0 Å². The Morgan fingerprint density at radius 3 is 3.08 bits per heavy atom. The number of anilines is 1. The molecule has 0 atom stereocenters. The maximum Gasteiger partial charge on any atom is 0.177 e. The molecule has 3 N–H and O–H groups in total. The van der Waals surface area contributed by atoms with E-state index < -0.39 is 0 Å². The molecule has 0 fully saturated rings. The lowest BCUT2D eigenvalue weighted by Gasteiger charge is -1.97. The number of nitrogens with two attached hydrogens (primary N) is 1. The lowest BCUT2D eigenvalue weighted by Crippen LogP contribution is -2.13. The number of hydrogen-bond donors (Lipinski definition) is 2. The highest BCUT2D eigenvalue weighted by atomic mass is 16.5. The molecule has 0 aliphatic carbocycles. The first-order valence-electron chi connectivity index (χ1n) is 4.20. The fourth-order valence-corrected chi connectivity index (χ4v) is 1.20. The van der Waals surface area contributed by atoms with Gasteiger partial charge in [-0.05, 0) is 12.1 Å². The minimum absolute atomic E-state index is 0.585. The number of hydrogen-bond acceptors (Lipinski definition) is 4. The van der Waals surface area contributed by atoms with Gasteiger partial charge in [-0.3, -0.25) is 0 Å². The number of para-hydroxylation sites is 1. The molecular formula is C9H11N3O. The van der Waals surface area contributed by atoms with Gasteiger partial charge in [-0.25, -0.2) is 0 Å². The van der Waals surface area contributed by atoms with Crippen molar-refractivity contribution in [3.05, 3.63) is 24.3 Å². The van der Waals surface area contributed by atoms with E-state index in [1.54, 1.807) is 0 Å². The minimum atomic E-state index is 0.585. The molecule has 0 unspecified atom stereocenters. The Bertz CT molecular complexity index is 396. The van der Waals surface area contributed by atoms with Gasteiger partial charge in [0.2, 0.25) is 0 Å². The molecule has 0 radical (unpaired) electrons. The predicted octanol–water partition coefficient (Wildman–Crippen LogP) is 1.20. The van der Waals surface area contributed by atoms with Crippen molar-refractivity contribution < 1.29 is 4.52 Å². The third-order valence-corrected chi connectivity index (χ3v) is 1.81. The van der Waals surface area contributed by atoms with Crippen LogP contribution < -0.4 is 11.1 Å². The van der Waals surface area contributed by atoms with Crippen LogP contribution >= 0.6 is 0 Å². The van der Waals surface area contributed by atoms with Crippen molar-refractivity contribution in [1.82, 2.24) is 5.16 Å². The Balaban J connectivity index is 2.35. The number of fused-ring (bicyclic) bond motifs is 1. The van der Waals surface area contributed by atoms with Crippen molar-refractivity contribution in [3.8, 4) is 0 Å². The summed E-state index contributed by atoms with van der Waals surface area (Å²) in [6, 6.07) is 7.72. The summed E-state index contributed by atoms with van der Waals surface area (Å²) in [5, 5.41) is 7.97. The first-order chi connectivity index (χ1) is 6.42. The van der Waals surface area contributed by atoms with Crippen LogP contribution in [-0.2, 0) is 0 Å². The van der Waals surface area contributed by atoms with Crippen molar-refractivity contribution >= 4 is 16.8 Å². The number of nitrogens with zero attached hydrogens (tertiary/aromatic N) is 1. The van der Waals surface area contributed by atoms with Crippen LogP contribution in [0, 0.1) is 0 Å². The topological polar surface area (TPSA) is 64.1 Å². The van der Waals surface area contributed by atoms with Gasteiger partial charge in [0.15, 0.2) is 11.4 Å². The van der Waals surface area contributed by atoms with Crippen LogP contribution in [0.4, 0.5) is 5.82 Å². The van der Waals surface area contributed by atoms with Crippen molar-refractivity contribution in [2.24, 2.45) is 5.73 Å². The number of benzene rings is 1. The van der Waals surface area contributed by atoms with Gasteiger partial charge in [0.1, 0.15) is 0 Å². The van der Waals surface area contributed by atoms with Crippen LogP contribution in [-0.4, -0.2) is 18.2 Å². The first kappa shape index (κ1) is 8.07. The van der Waals surface area contributed by atoms with E-state index in [0.29, 0.717) is 13.1 Å². The zero-order valence-corrected chi connectivity index (χ0v) is 7.16. The van der Waals surface area contributed by atoms with Crippen molar-refractivity contribution in [3.63, 3.8) is 0 Å². The molecular weight excluding hydrogens is 166 g/mol. The SMILES string of the molecule is NCCNc1noc2ccccc12. The summed E-state index contributed by atoms with van der Waals surface area (Å²) in [6.07, 6.45) is 0. The maximum atomic E-state index is 5.37. The summed E-state index contributed by atoms with van der Waals surface area (Å²) >= 11 is 0. The molecule has 1 aromatic carbocycles. The molecule has 13 heavy (non-hydrogen) atoms. The Hall–Kier alpha value is -1.55.